The first-order chi connectivity index (χ1) is 16.1. The van der Waals surface area contributed by atoms with Gasteiger partial charge in [-0.3, -0.25) is 0 Å². The Kier molecular flexibility index (Phi) is 4.95. The predicted octanol–water partition coefficient (Wildman–Crippen LogP) is 2.18. The Bertz CT molecular complexity index is 1410. The van der Waals surface area contributed by atoms with Crippen molar-refractivity contribution in [3.05, 3.63) is 72.8 Å². The quantitative estimate of drug-likeness (QED) is 0.483. The molecule has 0 saturated carbocycles. The fourth-order valence-electron chi connectivity index (χ4n) is 4.59. The van der Waals surface area contributed by atoms with Crippen molar-refractivity contribution in [1.82, 2.24) is 24.9 Å². The van der Waals surface area contributed by atoms with Gasteiger partial charge in [0, 0.05) is 5.56 Å². The Morgan fingerprint density at radius 3 is 2.48 bits per heavy atom. The summed E-state index contributed by atoms with van der Waals surface area (Å²) in [6.07, 6.45) is -0.793. The zero-order chi connectivity index (χ0) is 22.4. The van der Waals surface area contributed by atoms with Gasteiger partial charge in [0.2, 0.25) is 10.0 Å². The monoisotopic (exact) mass is 463 g/mol. The van der Waals surface area contributed by atoms with Gasteiger partial charge in [-0.2, -0.15) is 0 Å². The van der Waals surface area contributed by atoms with Gasteiger partial charge in [-0.1, -0.05) is 60.7 Å². The number of nitrogens with zero attached hydrogens (tertiary/aromatic N) is 4. The van der Waals surface area contributed by atoms with Crippen molar-refractivity contribution in [3.8, 4) is 11.4 Å². The molecule has 1 N–H and O–H groups in total. The van der Waals surface area contributed by atoms with Crippen LogP contribution in [0.1, 0.15) is 6.04 Å². The molecule has 4 atom stereocenters. The molecule has 3 aromatic carbocycles. The Balaban J connectivity index is 1.23. The molecule has 10 heteroatoms. The van der Waals surface area contributed by atoms with Gasteiger partial charge in [0.15, 0.2) is 5.82 Å². The highest BCUT2D eigenvalue weighted by Crippen LogP contribution is 2.36. The van der Waals surface area contributed by atoms with Crippen LogP contribution in [0.15, 0.2) is 77.7 Å². The lowest BCUT2D eigenvalue weighted by Crippen LogP contribution is -2.44. The van der Waals surface area contributed by atoms with E-state index in [1.54, 1.807) is 16.8 Å². The van der Waals surface area contributed by atoms with E-state index in [1.165, 1.54) is 0 Å². The van der Waals surface area contributed by atoms with Crippen LogP contribution in [0.25, 0.3) is 22.2 Å². The van der Waals surface area contributed by atoms with Crippen LogP contribution in [0, 0.1) is 0 Å². The molecule has 2 aliphatic heterocycles. The summed E-state index contributed by atoms with van der Waals surface area (Å²) in [5, 5.41) is 14.0. The number of fused-ring (bicyclic) bond motifs is 2. The highest BCUT2D eigenvalue weighted by Gasteiger charge is 2.50. The molecule has 0 aliphatic carbocycles. The topological polar surface area (TPSA) is 108 Å². The molecule has 0 bridgehead atoms. The van der Waals surface area contributed by atoms with Crippen LogP contribution in [0.3, 0.4) is 0 Å². The number of aromatic nitrogens is 4. The molecule has 2 aliphatic rings. The first-order valence-electron chi connectivity index (χ1n) is 10.7. The molecule has 2 saturated heterocycles. The maximum atomic E-state index is 13.1. The number of ether oxygens (including phenoxy) is 2. The lowest BCUT2D eigenvalue weighted by Gasteiger charge is -2.18. The van der Waals surface area contributed by atoms with E-state index in [9.17, 15) is 8.42 Å². The van der Waals surface area contributed by atoms with E-state index in [0.717, 1.165) is 16.3 Å². The first-order valence-corrected chi connectivity index (χ1v) is 12.2. The second-order valence-corrected chi connectivity index (χ2v) is 9.93. The summed E-state index contributed by atoms with van der Waals surface area (Å²) in [7, 11) is -3.75. The van der Waals surface area contributed by atoms with Gasteiger partial charge in [0.1, 0.15) is 18.2 Å². The average Bonchev–Trinajstić information content (AvgIpc) is 3.57. The average molecular weight is 464 g/mol. The van der Waals surface area contributed by atoms with E-state index >= 15 is 0 Å². The lowest BCUT2D eigenvalue weighted by molar-refractivity contribution is 0.0626. The molecule has 0 unspecified atom stereocenters. The van der Waals surface area contributed by atoms with Crippen LogP contribution in [0.2, 0.25) is 0 Å². The summed E-state index contributed by atoms with van der Waals surface area (Å²) >= 11 is 0. The Morgan fingerprint density at radius 1 is 0.879 bits per heavy atom. The van der Waals surface area contributed by atoms with E-state index in [-0.39, 0.29) is 23.6 Å². The third kappa shape index (κ3) is 3.61. The molecular weight excluding hydrogens is 442 g/mol. The number of rotatable bonds is 5. The number of hydrogen-bond acceptors (Lipinski definition) is 7. The van der Waals surface area contributed by atoms with E-state index in [0.29, 0.717) is 12.4 Å². The molecule has 9 nitrogen and oxygen atoms in total. The molecule has 4 aromatic rings. The van der Waals surface area contributed by atoms with Crippen LogP contribution >= 0.6 is 0 Å². The second-order valence-electron chi connectivity index (χ2n) is 8.21. The Morgan fingerprint density at radius 2 is 1.64 bits per heavy atom. The number of sulfonamides is 1. The van der Waals surface area contributed by atoms with Gasteiger partial charge in [-0.05, 0) is 33.3 Å². The van der Waals surface area contributed by atoms with E-state index in [2.05, 4.69) is 20.2 Å². The summed E-state index contributed by atoms with van der Waals surface area (Å²) < 4.78 is 42.7. The maximum absolute atomic E-state index is 13.1. The van der Waals surface area contributed by atoms with Gasteiger partial charge in [0.25, 0.3) is 0 Å². The van der Waals surface area contributed by atoms with Crippen molar-refractivity contribution in [2.45, 2.75) is 29.2 Å². The molecule has 1 aromatic heterocycles. The Hall–Kier alpha value is -3.18. The number of hydrogen-bond donors (Lipinski definition) is 1. The van der Waals surface area contributed by atoms with Crippen LogP contribution in [0.5, 0.6) is 0 Å². The van der Waals surface area contributed by atoms with Gasteiger partial charge in [-0.15, -0.1) is 5.10 Å². The summed E-state index contributed by atoms with van der Waals surface area (Å²) in [6, 6.07) is 21.6. The molecule has 0 spiro atoms. The fraction of sp³-hybridized carbons (Fsp3) is 0.261. The fourth-order valence-corrected chi connectivity index (χ4v) is 5.85. The molecular formula is C23H21N5O4S. The van der Waals surface area contributed by atoms with Gasteiger partial charge in [-0.25, -0.2) is 17.8 Å². The zero-order valence-corrected chi connectivity index (χ0v) is 18.3. The Labute approximate surface area is 190 Å². The largest absolute Gasteiger partial charge is 0.371 e. The van der Waals surface area contributed by atoms with Gasteiger partial charge < -0.3 is 9.47 Å². The summed E-state index contributed by atoms with van der Waals surface area (Å²) in [4.78, 5) is 0.214. The highest BCUT2D eigenvalue weighted by molar-refractivity contribution is 7.89. The lowest BCUT2D eigenvalue weighted by atomic mass is 10.1. The van der Waals surface area contributed by atoms with Crippen LogP contribution < -0.4 is 4.72 Å². The van der Waals surface area contributed by atoms with Gasteiger partial charge in [0.05, 0.1) is 24.2 Å². The molecule has 0 radical (unpaired) electrons. The summed E-state index contributed by atoms with van der Waals surface area (Å²) in [5.74, 6) is 0.619. The highest BCUT2D eigenvalue weighted by atomic mass is 32.2. The van der Waals surface area contributed by atoms with E-state index < -0.39 is 22.2 Å². The van der Waals surface area contributed by atoms with Crippen molar-refractivity contribution in [1.29, 1.82) is 0 Å². The molecule has 0 amide bonds. The summed E-state index contributed by atoms with van der Waals surface area (Å²) in [6.45, 7) is 0.538. The minimum absolute atomic E-state index is 0.210. The smallest absolute Gasteiger partial charge is 0.241 e. The SMILES string of the molecule is O=S(=O)(N[C@H]1CO[C@H]2[C@@H]1OC[C@@H]2n1nnnc1-c1ccccc1)c1ccc2ccccc2c1. The number of nitrogens with one attached hydrogen (secondary N) is 1. The van der Waals surface area contributed by atoms with Crippen molar-refractivity contribution < 1.29 is 17.9 Å². The number of tetrazole rings is 1. The molecule has 33 heavy (non-hydrogen) atoms. The summed E-state index contributed by atoms with van der Waals surface area (Å²) in [5.41, 5.74) is 0.887. The molecule has 3 heterocycles. The third-order valence-electron chi connectivity index (χ3n) is 6.20. The van der Waals surface area contributed by atoms with Crippen molar-refractivity contribution in [2.75, 3.05) is 13.2 Å². The first kappa shape index (κ1) is 20.4. The zero-order valence-electron chi connectivity index (χ0n) is 17.5. The van der Waals surface area contributed by atoms with Crippen molar-refractivity contribution in [2.24, 2.45) is 0 Å². The predicted molar refractivity (Wildman–Crippen MR) is 120 cm³/mol. The maximum Gasteiger partial charge on any atom is 0.241 e. The van der Waals surface area contributed by atoms with Crippen molar-refractivity contribution in [3.63, 3.8) is 0 Å². The minimum Gasteiger partial charge on any atom is -0.371 e. The standard InChI is InChI=1S/C23H21N5O4S/c29-33(30,18-11-10-15-6-4-5-9-17(15)12-18)25-19-13-31-22-20(14-32-21(19)22)28-23(24-26-27-28)16-7-2-1-3-8-16/h1-12,19-22,25H,13-14H2/t19-,20-,21+,22+/m0/s1. The normalized spacial score (nSPS) is 24.8. The molecule has 6 rings (SSSR count). The van der Waals surface area contributed by atoms with Gasteiger partial charge >= 0.3 is 0 Å². The molecule has 2 fully saturated rings. The third-order valence-corrected chi connectivity index (χ3v) is 7.69. The van der Waals surface area contributed by atoms with Crippen LogP contribution in [-0.2, 0) is 19.5 Å². The van der Waals surface area contributed by atoms with E-state index in [1.807, 2.05) is 60.7 Å². The molecule has 168 valence electrons. The van der Waals surface area contributed by atoms with Crippen LogP contribution in [-0.4, -0.2) is 60.1 Å². The number of benzene rings is 3. The second kappa shape index (κ2) is 7.99. The van der Waals surface area contributed by atoms with E-state index in [4.69, 9.17) is 9.47 Å². The van der Waals surface area contributed by atoms with Crippen LogP contribution in [0.4, 0.5) is 0 Å². The minimum atomic E-state index is -3.75. The van der Waals surface area contributed by atoms with Crippen molar-refractivity contribution >= 4 is 20.8 Å².